The van der Waals surface area contributed by atoms with Crippen LogP contribution in [-0.2, 0) is 34.9 Å². The summed E-state index contributed by atoms with van der Waals surface area (Å²) in [5.41, 5.74) is -0.641. The van der Waals surface area contributed by atoms with E-state index in [-0.39, 0.29) is 23.3 Å². The van der Waals surface area contributed by atoms with E-state index >= 15 is 0 Å². The Balaban J connectivity index is 0.000000262. The number of hydrogen-bond acceptors (Lipinski definition) is 10. The maximum Gasteiger partial charge on any atom is 0.416 e. The van der Waals surface area contributed by atoms with E-state index in [9.17, 15) is 35.9 Å². The Morgan fingerprint density at radius 3 is 1.40 bits per heavy atom. The largest absolute Gasteiger partial charge is 0.444 e. The summed E-state index contributed by atoms with van der Waals surface area (Å²) in [6.45, 7) is 25.6. The number of thiazole rings is 2. The molecule has 20 heteroatoms. The molecule has 4 heterocycles. The van der Waals surface area contributed by atoms with Gasteiger partial charge in [-0.15, -0.1) is 11.3 Å². The van der Waals surface area contributed by atoms with Crippen LogP contribution in [0.25, 0.3) is 10.6 Å². The van der Waals surface area contributed by atoms with Crippen LogP contribution in [0.5, 0.6) is 0 Å². The number of halogens is 7. The number of aromatic nitrogens is 2. The summed E-state index contributed by atoms with van der Waals surface area (Å²) in [4.78, 5) is 41.4. The smallest absolute Gasteiger partial charge is 0.416 e. The van der Waals surface area contributed by atoms with Gasteiger partial charge in [0.25, 0.3) is 0 Å². The third-order valence-electron chi connectivity index (χ3n) is 15.0. The van der Waals surface area contributed by atoms with Crippen LogP contribution in [0.3, 0.4) is 0 Å². The number of rotatable bonds is 17. The van der Waals surface area contributed by atoms with E-state index in [1.807, 2.05) is 73.2 Å². The molecule has 2 fully saturated rings. The fourth-order valence-corrected chi connectivity index (χ4v) is 30.1. The third kappa shape index (κ3) is 20.5. The standard InChI is InChI=1S/C23H30F3N3O2S.C20H28BrF3N2O2.3C4H9.C3H2NS.Sn/c1-21(2,3)31-20(30)29-11-8-22(4,9-12-29)28(5)15-16-6-7-17(23(24,25)26)14-18(16)19-27-10-13-32-19;1-18(2,3)28-17(27)26-10-8-19(4,9-11-26)25(5)13-14-6-7-15(12-16(14)21)20(22,23)24;3*1-3-4-2;1-2-5-3-4-1;/h6-7,10,13-14H,8-9,11-12,15H2,1-5H3;6-7,12H,8-11,13H2,1-5H3;3*1,3-4H2,2H3;1-2H;. The van der Waals surface area contributed by atoms with E-state index in [4.69, 9.17) is 14.5 Å². The zero-order valence-corrected chi connectivity index (χ0v) is 54.6. The van der Waals surface area contributed by atoms with Gasteiger partial charge in [0.05, 0.1) is 11.1 Å². The van der Waals surface area contributed by atoms with Crippen LogP contribution < -0.4 is 3.02 Å². The summed E-state index contributed by atoms with van der Waals surface area (Å²) in [6.07, 6.45) is 5.64. The monoisotopic (exact) mass is 1310 g/mol. The predicted molar refractivity (Wildman–Crippen MR) is 312 cm³/mol. The minimum Gasteiger partial charge on any atom is -0.444 e. The number of carbonyl (C=O) groups excluding carboxylic acids is 2. The molecule has 0 saturated carbocycles. The molecule has 2 aliphatic rings. The van der Waals surface area contributed by atoms with E-state index in [1.54, 1.807) is 43.8 Å². The van der Waals surface area contributed by atoms with Crippen molar-refractivity contribution in [3.63, 3.8) is 0 Å². The molecule has 0 unspecified atom stereocenters. The van der Waals surface area contributed by atoms with Crippen LogP contribution in [0.2, 0.25) is 13.3 Å². The number of piperidine rings is 2. The second kappa shape index (κ2) is 29.3. The van der Waals surface area contributed by atoms with E-state index in [1.165, 1.54) is 62.0 Å². The molecule has 0 atom stereocenters. The molecule has 438 valence electrons. The number of unbranched alkanes of at least 4 members (excludes halogenated alkanes) is 3. The van der Waals surface area contributed by atoms with Crippen molar-refractivity contribution in [1.29, 1.82) is 0 Å². The molecule has 2 saturated heterocycles. The van der Waals surface area contributed by atoms with Crippen LogP contribution in [0.15, 0.2) is 64.0 Å². The molecular weight excluding hydrogens is 1220 g/mol. The zero-order valence-electron chi connectivity index (χ0n) is 48.5. The van der Waals surface area contributed by atoms with Crippen LogP contribution in [0.4, 0.5) is 35.9 Å². The van der Waals surface area contributed by atoms with Gasteiger partial charge in [0.15, 0.2) is 0 Å². The summed E-state index contributed by atoms with van der Waals surface area (Å²) in [5.74, 6) is 0. The fourth-order valence-electron chi connectivity index (χ4n) is 9.68. The SMILES string of the molecule is CCC[CH2][Sn]([CH2]CCC)([CH2]CCC)[c]1nccs1.CN(Cc1ccc(C(F)(F)F)cc1-c1nccs1)C1(C)CCN(C(=O)OC(C)(C)C)CC1.CN(Cc1ccc(C(F)(F)F)cc1Br)C1(C)CCN(C(=O)OC(C)(C)C)CC1. The molecule has 4 aromatic rings. The van der Waals surface area contributed by atoms with Gasteiger partial charge in [-0.2, -0.15) is 26.3 Å². The summed E-state index contributed by atoms with van der Waals surface area (Å²) in [6, 6.07) is 7.62. The minimum atomic E-state index is -4.41. The number of ether oxygens (including phenoxy) is 2. The first-order valence-corrected chi connectivity index (χ1v) is 37.6. The number of benzene rings is 2. The van der Waals surface area contributed by atoms with Crippen molar-refractivity contribution >= 4 is 72.2 Å². The van der Waals surface area contributed by atoms with Gasteiger partial charge in [-0.25, -0.2) is 14.6 Å². The zero-order chi connectivity index (χ0) is 58.3. The van der Waals surface area contributed by atoms with Crippen LogP contribution in [-0.4, -0.2) is 123 Å². The maximum absolute atomic E-state index is 13.3. The van der Waals surface area contributed by atoms with Crippen molar-refractivity contribution in [2.75, 3.05) is 40.3 Å². The second-order valence-corrected chi connectivity index (χ2v) is 40.2. The first kappa shape index (κ1) is 67.5. The summed E-state index contributed by atoms with van der Waals surface area (Å²) in [7, 11) is 3.94. The van der Waals surface area contributed by atoms with Crippen molar-refractivity contribution in [2.24, 2.45) is 0 Å². The van der Waals surface area contributed by atoms with Crippen molar-refractivity contribution in [3.05, 3.63) is 86.3 Å². The maximum atomic E-state index is 13.3. The van der Waals surface area contributed by atoms with Crippen LogP contribution >= 0.6 is 38.6 Å². The molecule has 2 amide bonds. The molecule has 6 rings (SSSR count). The molecule has 2 aromatic carbocycles. The summed E-state index contributed by atoms with van der Waals surface area (Å²) >= 11 is 4.43. The quantitative estimate of drug-likeness (QED) is 0.0763. The molecule has 0 N–H and O–H groups in total. The van der Waals surface area contributed by atoms with Crippen molar-refractivity contribution in [2.45, 2.75) is 201 Å². The van der Waals surface area contributed by atoms with Gasteiger partial charge in [-0.05, 0) is 131 Å². The summed E-state index contributed by atoms with van der Waals surface area (Å²) < 4.78 is 96.0. The van der Waals surface area contributed by atoms with Crippen LogP contribution in [0.1, 0.15) is 163 Å². The molecule has 78 heavy (non-hydrogen) atoms. The van der Waals surface area contributed by atoms with E-state index in [2.05, 4.69) is 70.7 Å². The molecule has 2 aliphatic heterocycles. The van der Waals surface area contributed by atoms with Gasteiger partial charge >= 0.3 is 146 Å². The number of alkyl halides is 6. The van der Waals surface area contributed by atoms with Crippen LogP contribution in [0, 0.1) is 0 Å². The normalized spacial score (nSPS) is 16.1. The Bertz CT molecular complexity index is 2430. The number of nitrogens with zero attached hydrogens (tertiary/aromatic N) is 6. The minimum absolute atomic E-state index is 0.152. The molecule has 0 spiro atoms. The van der Waals surface area contributed by atoms with Gasteiger partial charge in [0.1, 0.15) is 16.2 Å². The van der Waals surface area contributed by atoms with Crippen molar-refractivity contribution < 1.29 is 45.4 Å². The topological polar surface area (TPSA) is 91.3 Å². The van der Waals surface area contributed by atoms with Crippen molar-refractivity contribution in [1.82, 2.24) is 29.6 Å². The van der Waals surface area contributed by atoms with E-state index < -0.39 is 53.1 Å². The fraction of sp³-hybridized carbons (Fsp3) is 0.655. The summed E-state index contributed by atoms with van der Waals surface area (Å²) in [5, 5.41) is 4.53. The van der Waals surface area contributed by atoms with Gasteiger partial charge in [-0.3, -0.25) is 9.80 Å². The number of likely N-dealkylation sites (tertiary alicyclic amines) is 2. The molecular formula is C58H87BrF6N6O4S2Sn. The van der Waals surface area contributed by atoms with E-state index in [0.29, 0.717) is 54.3 Å². The number of hydrogen-bond donors (Lipinski definition) is 0. The first-order valence-electron chi connectivity index (χ1n) is 27.5. The third-order valence-corrected chi connectivity index (χ3v) is 35.3. The van der Waals surface area contributed by atoms with Gasteiger partial charge in [-0.1, -0.05) is 28.1 Å². The van der Waals surface area contributed by atoms with E-state index in [0.717, 1.165) is 55.0 Å². The molecule has 0 aliphatic carbocycles. The average Bonchev–Trinajstić information content (AvgIpc) is 4.12. The molecule has 2 aromatic heterocycles. The van der Waals surface area contributed by atoms with Gasteiger partial charge in [0, 0.05) is 72.0 Å². The second-order valence-electron chi connectivity index (χ2n) is 23.6. The Hall–Kier alpha value is -2.98. The Morgan fingerprint density at radius 2 is 1.04 bits per heavy atom. The molecule has 0 radical (unpaired) electrons. The van der Waals surface area contributed by atoms with Crippen molar-refractivity contribution in [3.8, 4) is 10.6 Å². The first-order chi connectivity index (χ1) is 36.3. The molecule has 0 bridgehead atoms. The Labute approximate surface area is 482 Å². The van der Waals surface area contributed by atoms with Gasteiger partial charge < -0.3 is 19.3 Å². The average molecular weight is 1310 g/mol. The van der Waals surface area contributed by atoms with Gasteiger partial charge in [0.2, 0.25) is 0 Å². The Morgan fingerprint density at radius 1 is 0.641 bits per heavy atom. The number of carbonyl (C=O) groups is 2. The molecule has 10 nitrogen and oxygen atoms in total. The number of amides is 2. The predicted octanol–water partition coefficient (Wildman–Crippen LogP) is 16.9. The Kier molecular flexibility index (Phi) is 25.4.